The van der Waals surface area contributed by atoms with Gasteiger partial charge in [-0.15, -0.1) is 0 Å². The largest absolute Gasteiger partial charge is 0.389 e. The van der Waals surface area contributed by atoms with Gasteiger partial charge in [-0.2, -0.15) is 0 Å². The first-order valence-corrected chi connectivity index (χ1v) is 7.19. The molecule has 110 valence electrons. The summed E-state index contributed by atoms with van der Waals surface area (Å²) in [4.78, 5) is 19.3. The third kappa shape index (κ3) is 5.00. The molecular weight excluding hydrogens is 284 g/mol. The number of imidazole rings is 1. The molecule has 0 atom stereocenters. The first-order valence-electron chi connectivity index (χ1n) is 6.79. The van der Waals surface area contributed by atoms with Gasteiger partial charge in [-0.3, -0.25) is 4.79 Å². The van der Waals surface area contributed by atoms with E-state index in [4.69, 9.17) is 18.0 Å². The van der Waals surface area contributed by atoms with Gasteiger partial charge in [0.15, 0.2) is 0 Å². The smallest absolute Gasteiger partial charge is 0.224 e. The summed E-state index contributed by atoms with van der Waals surface area (Å²) in [5.41, 5.74) is 7.29. The van der Waals surface area contributed by atoms with Crippen LogP contribution in [-0.2, 0) is 17.6 Å². The van der Waals surface area contributed by atoms with Crippen molar-refractivity contribution in [1.82, 2.24) is 15.3 Å². The molecule has 1 aromatic heterocycles. The van der Waals surface area contributed by atoms with E-state index in [1.54, 1.807) is 12.4 Å². The number of nitrogens with zero attached hydrogens (tertiary/aromatic N) is 1. The lowest BCUT2D eigenvalue weighted by Crippen LogP contribution is -2.26. The van der Waals surface area contributed by atoms with Gasteiger partial charge in [0, 0.05) is 30.9 Å². The number of benzene rings is 1. The van der Waals surface area contributed by atoms with Crippen molar-refractivity contribution >= 4 is 23.1 Å². The molecule has 0 saturated carbocycles. The van der Waals surface area contributed by atoms with Gasteiger partial charge in [-0.25, -0.2) is 4.98 Å². The first kappa shape index (κ1) is 15.2. The highest BCUT2D eigenvalue weighted by molar-refractivity contribution is 7.80. The average molecular weight is 302 g/mol. The Balaban J connectivity index is 1.70. The van der Waals surface area contributed by atoms with E-state index >= 15 is 0 Å². The number of nitrogens with two attached hydrogens (primary N) is 1. The summed E-state index contributed by atoms with van der Waals surface area (Å²) in [7, 11) is 0. The molecule has 0 aliphatic rings. The van der Waals surface area contributed by atoms with E-state index in [-0.39, 0.29) is 5.91 Å². The Bertz CT molecular complexity index is 593. The zero-order valence-electron chi connectivity index (χ0n) is 11.6. The molecule has 6 heteroatoms. The molecule has 1 aromatic carbocycles. The lowest BCUT2D eigenvalue weighted by atomic mass is 10.1. The lowest BCUT2D eigenvalue weighted by molar-refractivity contribution is -0.120. The Morgan fingerprint density at radius 1 is 1.33 bits per heavy atom. The molecule has 2 rings (SSSR count). The second-order valence-corrected chi connectivity index (χ2v) is 5.17. The number of thiocarbonyl (C=S) groups is 1. The fourth-order valence-electron chi connectivity index (χ4n) is 1.95. The predicted octanol–water partition coefficient (Wildman–Crippen LogP) is 1.34. The highest BCUT2D eigenvalue weighted by Gasteiger charge is 2.04. The van der Waals surface area contributed by atoms with Gasteiger partial charge >= 0.3 is 0 Å². The van der Waals surface area contributed by atoms with E-state index in [2.05, 4.69) is 15.3 Å². The van der Waals surface area contributed by atoms with E-state index in [0.29, 0.717) is 18.0 Å². The highest BCUT2D eigenvalue weighted by atomic mass is 32.1. The van der Waals surface area contributed by atoms with Crippen LogP contribution < -0.4 is 11.1 Å². The molecule has 0 aliphatic carbocycles. The van der Waals surface area contributed by atoms with Crippen LogP contribution in [0.1, 0.15) is 23.4 Å². The van der Waals surface area contributed by atoms with E-state index < -0.39 is 0 Å². The number of hydrogen-bond acceptors (Lipinski definition) is 3. The summed E-state index contributed by atoms with van der Waals surface area (Å²) in [6, 6.07) is 7.41. The standard InChI is InChI=1S/C15H18N4OS/c16-15(21)12-5-3-11(4-6-12)10-14(20)19-7-1-2-13-17-8-9-18-13/h3-6,8-9H,1-2,7,10H2,(H2,16,21)(H,17,18)(H,19,20). The average Bonchev–Trinajstić information content (AvgIpc) is 2.97. The number of aromatic nitrogens is 2. The van der Waals surface area contributed by atoms with E-state index in [9.17, 15) is 4.79 Å². The molecule has 0 fully saturated rings. The topological polar surface area (TPSA) is 83.8 Å². The van der Waals surface area contributed by atoms with Crippen molar-refractivity contribution in [1.29, 1.82) is 0 Å². The number of hydrogen-bond donors (Lipinski definition) is 3. The predicted molar refractivity (Wildman–Crippen MR) is 86.0 cm³/mol. The van der Waals surface area contributed by atoms with Gasteiger partial charge in [0.05, 0.1) is 6.42 Å². The first-order chi connectivity index (χ1) is 10.1. The minimum Gasteiger partial charge on any atom is -0.389 e. The summed E-state index contributed by atoms with van der Waals surface area (Å²) in [6.07, 6.45) is 5.57. The van der Waals surface area contributed by atoms with Crippen LogP contribution in [-0.4, -0.2) is 27.4 Å². The zero-order chi connectivity index (χ0) is 15.1. The Labute approximate surface area is 129 Å². The van der Waals surface area contributed by atoms with Gasteiger partial charge in [0.25, 0.3) is 0 Å². The zero-order valence-corrected chi connectivity index (χ0v) is 12.5. The number of carbonyl (C=O) groups is 1. The molecule has 0 radical (unpaired) electrons. The second kappa shape index (κ2) is 7.54. The Morgan fingerprint density at radius 2 is 2.10 bits per heavy atom. The van der Waals surface area contributed by atoms with Crippen LogP contribution in [0.5, 0.6) is 0 Å². The number of rotatable bonds is 7. The quantitative estimate of drug-likeness (QED) is 0.532. The molecule has 0 spiro atoms. The van der Waals surface area contributed by atoms with E-state index in [1.807, 2.05) is 24.3 Å². The minimum absolute atomic E-state index is 0.0116. The third-order valence-corrected chi connectivity index (χ3v) is 3.31. The van der Waals surface area contributed by atoms with Crippen LogP contribution in [0.3, 0.4) is 0 Å². The number of aromatic amines is 1. The van der Waals surface area contributed by atoms with Gasteiger partial charge in [-0.1, -0.05) is 36.5 Å². The normalized spacial score (nSPS) is 10.3. The van der Waals surface area contributed by atoms with Crippen molar-refractivity contribution in [3.63, 3.8) is 0 Å². The molecule has 21 heavy (non-hydrogen) atoms. The van der Waals surface area contributed by atoms with Crippen molar-refractivity contribution in [2.24, 2.45) is 5.73 Å². The van der Waals surface area contributed by atoms with Gasteiger partial charge in [0.1, 0.15) is 10.8 Å². The van der Waals surface area contributed by atoms with Crippen molar-refractivity contribution in [2.75, 3.05) is 6.54 Å². The fraction of sp³-hybridized carbons (Fsp3) is 0.267. The van der Waals surface area contributed by atoms with Crippen LogP contribution in [0.4, 0.5) is 0 Å². The number of carbonyl (C=O) groups excluding carboxylic acids is 1. The molecule has 0 unspecified atom stereocenters. The number of H-pyrrole nitrogens is 1. The molecule has 0 bridgehead atoms. The minimum atomic E-state index is 0.0116. The summed E-state index contributed by atoms with van der Waals surface area (Å²) in [5, 5.41) is 2.90. The van der Waals surface area contributed by atoms with Gasteiger partial charge < -0.3 is 16.0 Å². The van der Waals surface area contributed by atoms with Crippen LogP contribution in [0.2, 0.25) is 0 Å². The lowest BCUT2D eigenvalue weighted by Gasteiger charge is -2.05. The number of aryl methyl sites for hydroxylation is 1. The molecule has 5 nitrogen and oxygen atoms in total. The van der Waals surface area contributed by atoms with Crippen LogP contribution in [0.15, 0.2) is 36.7 Å². The van der Waals surface area contributed by atoms with Gasteiger partial charge in [-0.05, 0) is 12.0 Å². The summed E-state index contributed by atoms with van der Waals surface area (Å²) in [6.45, 7) is 0.643. The maximum Gasteiger partial charge on any atom is 0.224 e. The number of nitrogens with one attached hydrogen (secondary N) is 2. The maximum atomic E-state index is 11.8. The number of amides is 1. The van der Waals surface area contributed by atoms with Crippen molar-refractivity contribution in [3.05, 3.63) is 53.6 Å². The monoisotopic (exact) mass is 302 g/mol. The molecule has 4 N–H and O–H groups in total. The Kier molecular flexibility index (Phi) is 5.45. The van der Waals surface area contributed by atoms with Crippen LogP contribution in [0, 0.1) is 0 Å². The fourth-order valence-corrected chi connectivity index (χ4v) is 2.09. The van der Waals surface area contributed by atoms with Crippen LogP contribution >= 0.6 is 12.2 Å². The van der Waals surface area contributed by atoms with Crippen molar-refractivity contribution in [3.8, 4) is 0 Å². The van der Waals surface area contributed by atoms with E-state index in [0.717, 1.165) is 29.8 Å². The van der Waals surface area contributed by atoms with Crippen molar-refractivity contribution < 1.29 is 4.79 Å². The van der Waals surface area contributed by atoms with Crippen LogP contribution in [0.25, 0.3) is 0 Å². The Morgan fingerprint density at radius 3 is 2.71 bits per heavy atom. The second-order valence-electron chi connectivity index (χ2n) is 4.73. The SMILES string of the molecule is NC(=S)c1ccc(CC(=O)NCCCc2ncc[nH]2)cc1. The third-order valence-electron chi connectivity index (χ3n) is 3.07. The molecule has 0 aliphatic heterocycles. The van der Waals surface area contributed by atoms with Crippen molar-refractivity contribution in [2.45, 2.75) is 19.3 Å². The molecule has 2 aromatic rings. The maximum absolute atomic E-state index is 11.8. The Hall–Kier alpha value is -2.21. The molecular formula is C15H18N4OS. The summed E-state index contributed by atoms with van der Waals surface area (Å²) < 4.78 is 0. The molecule has 0 saturated heterocycles. The summed E-state index contributed by atoms with van der Waals surface area (Å²) >= 11 is 4.89. The van der Waals surface area contributed by atoms with Gasteiger partial charge in [0.2, 0.25) is 5.91 Å². The molecule has 1 heterocycles. The van der Waals surface area contributed by atoms with E-state index in [1.165, 1.54) is 0 Å². The highest BCUT2D eigenvalue weighted by Crippen LogP contribution is 2.05. The molecule has 1 amide bonds. The summed E-state index contributed by atoms with van der Waals surface area (Å²) in [5.74, 6) is 0.954.